The largest absolute Gasteiger partial charge is 0.497 e. The first-order chi connectivity index (χ1) is 8.72. The molecular weight excluding hydrogens is 232 g/mol. The van der Waals surface area contributed by atoms with E-state index in [4.69, 9.17) is 15.2 Å². The molecule has 5 heteroatoms. The van der Waals surface area contributed by atoms with Crippen LogP contribution in [0.3, 0.4) is 0 Å². The molecule has 0 fully saturated rings. The third-order valence-corrected chi connectivity index (χ3v) is 2.69. The smallest absolute Gasteiger partial charge is 0.124 e. The van der Waals surface area contributed by atoms with Crippen LogP contribution in [0.4, 0.5) is 0 Å². The van der Waals surface area contributed by atoms with Crippen LogP contribution in [0, 0.1) is 0 Å². The fourth-order valence-electron chi connectivity index (χ4n) is 1.68. The van der Waals surface area contributed by atoms with Gasteiger partial charge < -0.3 is 25.6 Å². The number of benzene rings is 1. The van der Waals surface area contributed by atoms with Gasteiger partial charge in [-0.3, -0.25) is 0 Å². The molecule has 5 nitrogen and oxygen atoms in total. The molecule has 1 aromatic carbocycles. The van der Waals surface area contributed by atoms with Gasteiger partial charge in [0.1, 0.15) is 11.5 Å². The highest BCUT2D eigenvalue weighted by Gasteiger charge is 2.14. The van der Waals surface area contributed by atoms with Crippen LogP contribution in [-0.2, 0) is 0 Å². The quantitative estimate of drug-likeness (QED) is 0.595. The lowest BCUT2D eigenvalue weighted by Gasteiger charge is -2.16. The molecule has 0 saturated carbocycles. The van der Waals surface area contributed by atoms with Crippen molar-refractivity contribution in [1.29, 1.82) is 0 Å². The van der Waals surface area contributed by atoms with Crippen LogP contribution in [0.5, 0.6) is 11.5 Å². The Labute approximate surface area is 108 Å². The molecule has 1 unspecified atom stereocenters. The van der Waals surface area contributed by atoms with Crippen molar-refractivity contribution in [3.63, 3.8) is 0 Å². The van der Waals surface area contributed by atoms with Crippen molar-refractivity contribution in [2.45, 2.75) is 12.5 Å². The second kappa shape index (κ2) is 7.92. The average Bonchev–Trinajstić information content (AvgIpc) is 2.42. The minimum Gasteiger partial charge on any atom is -0.497 e. The number of methoxy groups -OCH3 is 2. The molecule has 18 heavy (non-hydrogen) atoms. The van der Waals surface area contributed by atoms with E-state index in [0.717, 1.165) is 18.5 Å². The monoisotopic (exact) mass is 254 g/mol. The van der Waals surface area contributed by atoms with E-state index in [0.29, 0.717) is 24.6 Å². The minimum absolute atomic E-state index is 0.462. The molecular formula is C13H22N2O3. The van der Waals surface area contributed by atoms with Gasteiger partial charge in [-0.1, -0.05) is 0 Å². The summed E-state index contributed by atoms with van der Waals surface area (Å²) in [6, 6.07) is 5.38. The Morgan fingerprint density at radius 1 is 1.33 bits per heavy atom. The van der Waals surface area contributed by atoms with Crippen LogP contribution in [0.1, 0.15) is 18.1 Å². The number of nitrogens with two attached hydrogens (primary N) is 1. The highest BCUT2D eigenvalue weighted by atomic mass is 16.5. The molecule has 1 aromatic rings. The van der Waals surface area contributed by atoms with Crippen LogP contribution in [-0.4, -0.2) is 39.0 Å². The topological polar surface area (TPSA) is 76.7 Å². The van der Waals surface area contributed by atoms with E-state index in [1.165, 1.54) is 0 Å². The fraction of sp³-hybridized carbons (Fsp3) is 0.538. The summed E-state index contributed by atoms with van der Waals surface area (Å²) < 4.78 is 10.4. The predicted octanol–water partition coefficient (Wildman–Crippen LogP) is 0.676. The molecule has 0 aromatic heterocycles. The molecule has 102 valence electrons. The molecule has 0 bridgehead atoms. The zero-order valence-electron chi connectivity index (χ0n) is 11.0. The summed E-state index contributed by atoms with van der Waals surface area (Å²) in [5.41, 5.74) is 6.12. The van der Waals surface area contributed by atoms with Crippen LogP contribution in [0.25, 0.3) is 0 Å². The zero-order chi connectivity index (χ0) is 13.4. The molecule has 4 N–H and O–H groups in total. The number of aliphatic hydroxyl groups is 1. The highest BCUT2D eigenvalue weighted by molar-refractivity contribution is 5.41. The Kier molecular flexibility index (Phi) is 6.49. The van der Waals surface area contributed by atoms with Gasteiger partial charge in [-0.2, -0.15) is 0 Å². The number of ether oxygens (including phenoxy) is 2. The second-order valence-corrected chi connectivity index (χ2v) is 3.97. The van der Waals surface area contributed by atoms with Crippen LogP contribution in [0.15, 0.2) is 18.2 Å². The lowest BCUT2D eigenvalue weighted by Crippen LogP contribution is -2.24. The third-order valence-electron chi connectivity index (χ3n) is 2.69. The Bertz CT molecular complexity index is 358. The van der Waals surface area contributed by atoms with Gasteiger partial charge in [0.15, 0.2) is 0 Å². The van der Waals surface area contributed by atoms with Gasteiger partial charge in [0.05, 0.1) is 20.3 Å². The van der Waals surface area contributed by atoms with E-state index >= 15 is 0 Å². The van der Waals surface area contributed by atoms with Crippen LogP contribution < -0.4 is 20.5 Å². The van der Waals surface area contributed by atoms with Gasteiger partial charge in [0.2, 0.25) is 0 Å². The first-order valence-corrected chi connectivity index (χ1v) is 6.03. The molecule has 0 aliphatic carbocycles. The summed E-state index contributed by atoms with van der Waals surface area (Å²) >= 11 is 0. The van der Waals surface area contributed by atoms with Crippen LogP contribution >= 0.6 is 0 Å². The van der Waals surface area contributed by atoms with Crippen molar-refractivity contribution in [3.05, 3.63) is 23.8 Å². The van der Waals surface area contributed by atoms with E-state index in [9.17, 15) is 5.11 Å². The van der Waals surface area contributed by atoms with E-state index in [1.807, 2.05) is 0 Å². The van der Waals surface area contributed by atoms with Gasteiger partial charge in [0.25, 0.3) is 0 Å². The lowest BCUT2D eigenvalue weighted by atomic mass is 10.1. The molecule has 0 heterocycles. The van der Waals surface area contributed by atoms with Gasteiger partial charge >= 0.3 is 0 Å². The van der Waals surface area contributed by atoms with Gasteiger partial charge in [-0.25, -0.2) is 0 Å². The lowest BCUT2D eigenvalue weighted by molar-refractivity contribution is 0.170. The first kappa shape index (κ1) is 14.8. The maximum absolute atomic E-state index is 10.1. The minimum atomic E-state index is -0.632. The van der Waals surface area contributed by atoms with Crippen LogP contribution in [0.2, 0.25) is 0 Å². The summed E-state index contributed by atoms with van der Waals surface area (Å²) in [6.07, 6.45) is 0.259. The van der Waals surface area contributed by atoms with E-state index in [-0.39, 0.29) is 0 Å². The summed E-state index contributed by atoms with van der Waals surface area (Å²) in [4.78, 5) is 0. The predicted molar refractivity (Wildman–Crippen MR) is 71.0 cm³/mol. The van der Waals surface area contributed by atoms with Gasteiger partial charge in [0, 0.05) is 12.1 Å². The number of nitrogens with one attached hydrogen (secondary N) is 1. The molecule has 0 amide bonds. The van der Waals surface area contributed by atoms with Crippen molar-refractivity contribution >= 4 is 0 Å². The number of hydrogen-bond donors (Lipinski definition) is 3. The van der Waals surface area contributed by atoms with Crippen molar-refractivity contribution in [2.24, 2.45) is 5.73 Å². The number of rotatable bonds is 8. The van der Waals surface area contributed by atoms with Gasteiger partial charge in [-0.05, 0) is 37.7 Å². The van der Waals surface area contributed by atoms with Gasteiger partial charge in [-0.15, -0.1) is 0 Å². The summed E-state index contributed by atoms with van der Waals surface area (Å²) in [5.74, 6) is 1.36. The van der Waals surface area contributed by atoms with Crippen molar-refractivity contribution in [2.75, 3.05) is 33.9 Å². The molecule has 0 spiro atoms. The third kappa shape index (κ3) is 4.18. The molecule has 0 saturated heterocycles. The SMILES string of the molecule is COc1ccc(OC)c(C(O)CNCCCN)c1. The zero-order valence-corrected chi connectivity index (χ0v) is 11.0. The van der Waals surface area contributed by atoms with Crippen molar-refractivity contribution < 1.29 is 14.6 Å². The Morgan fingerprint density at radius 2 is 2.11 bits per heavy atom. The molecule has 0 aliphatic rings. The van der Waals surface area contributed by atoms with E-state index in [1.54, 1.807) is 32.4 Å². The highest BCUT2D eigenvalue weighted by Crippen LogP contribution is 2.28. The number of hydrogen-bond acceptors (Lipinski definition) is 5. The molecule has 1 atom stereocenters. The second-order valence-electron chi connectivity index (χ2n) is 3.97. The Balaban J connectivity index is 2.66. The van der Waals surface area contributed by atoms with Crippen molar-refractivity contribution in [1.82, 2.24) is 5.32 Å². The summed E-state index contributed by atoms with van der Waals surface area (Å²) in [7, 11) is 3.18. The molecule has 0 radical (unpaired) electrons. The summed E-state index contributed by atoms with van der Waals surface area (Å²) in [5, 5.41) is 13.3. The van der Waals surface area contributed by atoms with E-state index in [2.05, 4.69) is 5.32 Å². The standard InChI is InChI=1S/C13H22N2O3/c1-17-10-4-5-13(18-2)11(8-10)12(16)9-15-7-3-6-14/h4-5,8,12,15-16H,3,6-7,9,14H2,1-2H3. The maximum atomic E-state index is 10.1. The average molecular weight is 254 g/mol. The Hall–Kier alpha value is -1.30. The molecule has 1 rings (SSSR count). The summed E-state index contributed by atoms with van der Waals surface area (Å²) in [6.45, 7) is 1.90. The molecule has 0 aliphatic heterocycles. The first-order valence-electron chi connectivity index (χ1n) is 6.03. The van der Waals surface area contributed by atoms with Crippen molar-refractivity contribution in [3.8, 4) is 11.5 Å². The normalized spacial score (nSPS) is 12.2. The fourth-order valence-corrected chi connectivity index (χ4v) is 1.68. The maximum Gasteiger partial charge on any atom is 0.124 e. The van der Waals surface area contributed by atoms with E-state index < -0.39 is 6.10 Å². The number of aliphatic hydroxyl groups excluding tert-OH is 1. The Morgan fingerprint density at radius 3 is 2.72 bits per heavy atom.